The van der Waals surface area contributed by atoms with Crippen molar-refractivity contribution in [2.24, 2.45) is 0 Å². The van der Waals surface area contributed by atoms with E-state index in [1.165, 1.54) is 20.3 Å². The Balaban J connectivity index is 1.45. The summed E-state index contributed by atoms with van der Waals surface area (Å²) < 4.78 is 31.7. The molecule has 9 nitrogen and oxygen atoms in total. The highest BCUT2D eigenvalue weighted by Crippen LogP contribution is 2.36. The number of ether oxygens (including phenoxy) is 5. The Hall–Kier alpha value is -4.27. The molecule has 1 aliphatic rings. The lowest BCUT2D eigenvalue weighted by atomic mass is 10.1. The number of esters is 1. The highest BCUT2D eigenvalue weighted by atomic mass is 16.5. The first kappa shape index (κ1) is 21.9. The second-order valence-corrected chi connectivity index (χ2v) is 7.02. The van der Waals surface area contributed by atoms with Crippen molar-refractivity contribution >= 4 is 17.8 Å². The number of rotatable bonds is 8. The highest BCUT2D eigenvalue weighted by Gasteiger charge is 2.28. The van der Waals surface area contributed by atoms with E-state index < -0.39 is 5.97 Å². The van der Waals surface area contributed by atoms with Gasteiger partial charge in [-0.05, 0) is 41.6 Å². The van der Waals surface area contributed by atoms with Crippen molar-refractivity contribution in [1.82, 2.24) is 5.16 Å². The second-order valence-electron chi connectivity index (χ2n) is 7.02. The lowest BCUT2D eigenvalue weighted by Gasteiger charge is -2.08. The molecule has 0 saturated heterocycles. The molecule has 0 bridgehead atoms. The van der Waals surface area contributed by atoms with Crippen LogP contribution in [-0.4, -0.2) is 38.2 Å². The molecule has 0 atom stereocenters. The number of aromatic nitrogens is 1. The molecule has 2 aromatic carbocycles. The van der Waals surface area contributed by atoms with Crippen molar-refractivity contribution < 1.29 is 37.8 Å². The zero-order chi connectivity index (χ0) is 23.4. The third-order valence-corrected chi connectivity index (χ3v) is 4.92. The van der Waals surface area contributed by atoms with Gasteiger partial charge in [0.15, 0.2) is 5.76 Å². The Bertz CT molecular complexity index is 1230. The van der Waals surface area contributed by atoms with Crippen molar-refractivity contribution in [3.63, 3.8) is 0 Å². The minimum atomic E-state index is -0.466. The fourth-order valence-corrected chi connectivity index (χ4v) is 3.24. The zero-order valence-corrected chi connectivity index (χ0v) is 18.2. The summed E-state index contributed by atoms with van der Waals surface area (Å²) in [5.74, 6) is 1.97. The number of ketones is 1. The van der Waals surface area contributed by atoms with Crippen molar-refractivity contribution in [2.45, 2.75) is 12.8 Å². The number of carbonyl (C=O) groups excluding carboxylic acids is 2. The molecular weight excluding hydrogens is 430 g/mol. The van der Waals surface area contributed by atoms with Crippen LogP contribution in [0.5, 0.6) is 28.9 Å². The Morgan fingerprint density at radius 3 is 2.55 bits per heavy atom. The molecule has 0 N–H and O–H groups in total. The lowest BCUT2D eigenvalue weighted by molar-refractivity contribution is -0.134. The fraction of sp³-hybridized carbons (Fsp3) is 0.208. The number of allylic oxidation sites excluding steroid dienone is 1. The van der Waals surface area contributed by atoms with Gasteiger partial charge in [-0.1, -0.05) is 0 Å². The average Bonchev–Trinajstić information content (AvgIpc) is 3.41. The molecule has 1 aliphatic heterocycles. The van der Waals surface area contributed by atoms with Crippen LogP contribution in [0.1, 0.15) is 28.1 Å². The maximum Gasteiger partial charge on any atom is 0.311 e. The largest absolute Gasteiger partial charge is 0.497 e. The Morgan fingerprint density at radius 2 is 1.82 bits per heavy atom. The van der Waals surface area contributed by atoms with Crippen molar-refractivity contribution in [2.75, 3.05) is 21.3 Å². The number of hydrogen-bond donors (Lipinski definition) is 0. The van der Waals surface area contributed by atoms with Gasteiger partial charge in [-0.15, -0.1) is 0 Å². The topological polar surface area (TPSA) is 106 Å². The van der Waals surface area contributed by atoms with Gasteiger partial charge >= 0.3 is 5.97 Å². The summed E-state index contributed by atoms with van der Waals surface area (Å²) in [7, 11) is 4.57. The van der Waals surface area contributed by atoms with Crippen molar-refractivity contribution in [3.8, 4) is 28.9 Å². The quantitative estimate of drug-likeness (QED) is 0.287. The van der Waals surface area contributed by atoms with Crippen LogP contribution in [0.4, 0.5) is 0 Å². The average molecular weight is 451 g/mol. The number of aryl methyl sites for hydroxylation is 1. The van der Waals surface area contributed by atoms with Crippen LogP contribution in [0, 0.1) is 0 Å². The van der Waals surface area contributed by atoms with E-state index in [1.54, 1.807) is 49.6 Å². The summed E-state index contributed by atoms with van der Waals surface area (Å²) in [6, 6.07) is 11.5. The summed E-state index contributed by atoms with van der Waals surface area (Å²) in [4.78, 5) is 25.0. The molecule has 0 amide bonds. The van der Waals surface area contributed by atoms with Crippen molar-refractivity contribution in [1.29, 1.82) is 0 Å². The summed E-state index contributed by atoms with van der Waals surface area (Å²) in [6.07, 6.45) is 1.97. The second kappa shape index (κ2) is 9.47. The molecule has 0 saturated carbocycles. The van der Waals surface area contributed by atoms with Gasteiger partial charge < -0.3 is 28.2 Å². The molecule has 3 aromatic rings. The van der Waals surface area contributed by atoms with E-state index in [2.05, 4.69) is 5.16 Å². The van der Waals surface area contributed by atoms with Crippen molar-refractivity contribution in [3.05, 3.63) is 65.1 Å². The lowest BCUT2D eigenvalue weighted by Crippen LogP contribution is -2.08. The maximum atomic E-state index is 12.8. The van der Waals surface area contributed by atoms with E-state index in [-0.39, 0.29) is 23.7 Å². The summed E-state index contributed by atoms with van der Waals surface area (Å²) >= 11 is 0. The minimum Gasteiger partial charge on any atom is -0.497 e. The molecule has 9 heteroatoms. The molecule has 0 fully saturated rings. The van der Waals surface area contributed by atoms with Gasteiger partial charge in [-0.3, -0.25) is 9.59 Å². The van der Waals surface area contributed by atoms with Gasteiger partial charge in [0.05, 0.1) is 33.3 Å². The molecule has 0 unspecified atom stereocenters. The monoisotopic (exact) mass is 451 g/mol. The zero-order valence-electron chi connectivity index (χ0n) is 18.2. The highest BCUT2D eigenvalue weighted by molar-refractivity contribution is 6.14. The van der Waals surface area contributed by atoms with E-state index in [4.69, 9.17) is 28.2 Å². The van der Waals surface area contributed by atoms with Crippen LogP contribution in [0.25, 0.3) is 6.08 Å². The molecule has 33 heavy (non-hydrogen) atoms. The van der Waals surface area contributed by atoms with Crippen LogP contribution in [0.2, 0.25) is 0 Å². The predicted molar refractivity (Wildman–Crippen MR) is 116 cm³/mol. The van der Waals surface area contributed by atoms with Gasteiger partial charge in [0.2, 0.25) is 5.78 Å². The first-order chi connectivity index (χ1) is 16.0. The summed E-state index contributed by atoms with van der Waals surface area (Å²) in [5, 5.41) is 3.68. The Morgan fingerprint density at radius 1 is 1.00 bits per heavy atom. The van der Waals surface area contributed by atoms with E-state index >= 15 is 0 Å². The number of fused-ring (bicyclic) bond motifs is 1. The fourth-order valence-electron chi connectivity index (χ4n) is 3.24. The van der Waals surface area contributed by atoms with Gasteiger partial charge in [-0.25, -0.2) is 0 Å². The summed E-state index contributed by atoms with van der Waals surface area (Å²) in [5.41, 5.74) is 1.00. The smallest absolute Gasteiger partial charge is 0.311 e. The van der Waals surface area contributed by atoms with Crippen LogP contribution < -0.4 is 23.7 Å². The SMILES string of the molecule is COc1ccc(OC)c(/C=C2\Oc3cc(OC(=O)CCc4cc(OC)no4)ccc3C2=O)c1. The third kappa shape index (κ3) is 4.82. The van der Waals surface area contributed by atoms with Crippen LogP contribution in [-0.2, 0) is 11.2 Å². The van der Waals surface area contributed by atoms with Crippen LogP contribution >= 0.6 is 0 Å². The summed E-state index contributed by atoms with van der Waals surface area (Å²) in [6.45, 7) is 0. The predicted octanol–water partition coefficient (Wildman–Crippen LogP) is 3.85. The standard InChI is InChI=1S/C24H21NO8/c1-28-15-5-8-19(29-2)14(10-15)11-21-24(27)18-7-4-16(12-20(18)32-21)31-23(26)9-6-17-13-22(30-3)25-33-17/h4-5,7-8,10-13H,6,9H2,1-3H3/b21-11-. The molecule has 0 aliphatic carbocycles. The first-order valence-corrected chi connectivity index (χ1v) is 10.0. The molecule has 2 heterocycles. The van der Waals surface area contributed by atoms with Crippen LogP contribution in [0.15, 0.2) is 52.7 Å². The first-order valence-electron chi connectivity index (χ1n) is 10.0. The molecule has 4 rings (SSSR count). The normalized spacial score (nSPS) is 13.4. The number of Topliss-reactive ketones (excluding diaryl/α,β-unsaturated/α-hetero) is 1. The Labute approximate surface area is 189 Å². The van der Waals surface area contributed by atoms with Crippen LogP contribution in [0.3, 0.4) is 0 Å². The van der Waals surface area contributed by atoms with E-state index in [1.807, 2.05) is 0 Å². The molecule has 170 valence electrons. The van der Waals surface area contributed by atoms with Gasteiger partial charge in [0, 0.05) is 24.1 Å². The minimum absolute atomic E-state index is 0.0794. The number of hydrogen-bond acceptors (Lipinski definition) is 9. The maximum absolute atomic E-state index is 12.8. The van der Waals surface area contributed by atoms with Gasteiger partial charge in [0.25, 0.3) is 5.88 Å². The van der Waals surface area contributed by atoms with Gasteiger partial charge in [-0.2, -0.15) is 0 Å². The molecular formula is C24H21NO8. The number of benzene rings is 2. The molecule has 0 spiro atoms. The van der Waals surface area contributed by atoms with Gasteiger partial charge in [0.1, 0.15) is 28.8 Å². The molecule has 1 aromatic heterocycles. The van der Waals surface area contributed by atoms with E-state index in [0.717, 1.165) is 0 Å². The van der Waals surface area contributed by atoms with E-state index in [9.17, 15) is 9.59 Å². The number of nitrogens with zero attached hydrogens (tertiary/aromatic N) is 1. The molecule has 0 radical (unpaired) electrons. The Kier molecular flexibility index (Phi) is 6.30. The third-order valence-electron chi connectivity index (χ3n) is 4.92. The number of methoxy groups -OCH3 is 3. The van der Waals surface area contributed by atoms with E-state index in [0.29, 0.717) is 46.4 Å². The number of carbonyl (C=O) groups is 2.